The average Bonchev–Trinajstić information content (AvgIpc) is 2.72. The Balaban J connectivity index is 1.58. The molecule has 2 aliphatic rings. The Morgan fingerprint density at radius 3 is 2.20 bits per heavy atom. The lowest BCUT2D eigenvalue weighted by molar-refractivity contribution is -0.129. The van der Waals surface area contributed by atoms with Crippen LogP contribution in [0, 0.1) is 12.3 Å². The fraction of sp³-hybridized carbons (Fsp3) is 0.731. The zero-order chi connectivity index (χ0) is 21.8. The second-order valence-electron chi connectivity index (χ2n) is 11.0. The number of aryl methyl sites for hydroxylation is 1. The highest BCUT2D eigenvalue weighted by molar-refractivity contribution is 5.88. The summed E-state index contributed by atoms with van der Waals surface area (Å²) < 4.78 is 15.5. The van der Waals surface area contributed by atoms with Gasteiger partial charge < -0.3 is 10.2 Å². The maximum absolute atomic E-state index is 15.5. The van der Waals surface area contributed by atoms with Crippen LogP contribution in [0.3, 0.4) is 0 Å². The average molecular weight is 417 g/mol. The Labute approximate surface area is 182 Å². The largest absolute Gasteiger partial charge is 0.352 e. The van der Waals surface area contributed by atoms with E-state index < -0.39 is 11.1 Å². The van der Waals surface area contributed by atoms with Crippen molar-refractivity contribution in [1.82, 2.24) is 10.2 Å². The topological polar surface area (TPSA) is 32.3 Å². The number of hydrogen-bond donors (Lipinski definition) is 1. The van der Waals surface area contributed by atoms with Gasteiger partial charge in [-0.25, -0.2) is 4.39 Å². The van der Waals surface area contributed by atoms with Crippen LogP contribution >= 0.6 is 0 Å². The van der Waals surface area contributed by atoms with Crippen molar-refractivity contribution in [2.75, 3.05) is 26.2 Å². The molecule has 4 heteroatoms. The number of nitrogens with one attached hydrogen (secondary N) is 1. The minimum Gasteiger partial charge on any atom is -0.352 e. The summed E-state index contributed by atoms with van der Waals surface area (Å²) >= 11 is 0. The van der Waals surface area contributed by atoms with Crippen molar-refractivity contribution in [3.05, 3.63) is 35.4 Å². The third-order valence-corrected chi connectivity index (χ3v) is 7.24. The highest BCUT2D eigenvalue weighted by Crippen LogP contribution is 2.40. The summed E-state index contributed by atoms with van der Waals surface area (Å²) in [5, 5.41) is 3.06. The lowest BCUT2D eigenvalue weighted by atomic mass is 9.68. The second-order valence-corrected chi connectivity index (χ2v) is 11.0. The summed E-state index contributed by atoms with van der Waals surface area (Å²) in [6.45, 7) is 11.6. The maximum Gasteiger partial charge on any atom is 0.230 e. The Morgan fingerprint density at radius 2 is 1.63 bits per heavy atom. The van der Waals surface area contributed by atoms with Crippen molar-refractivity contribution in [1.29, 1.82) is 0 Å². The van der Waals surface area contributed by atoms with E-state index in [4.69, 9.17) is 0 Å². The van der Waals surface area contributed by atoms with Crippen molar-refractivity contribution in [2.24, 2.45) is 5.41 Å². The summed E-state index contributed by atoms with van der Waals surface area (Å²) in [4.78, 5) is 15.8. The lowest BCUT2D eigenvalue weighted by Gasteiger charge is -2.40. The first-order chi connectivity index (χ1) is 14.1. The van der Waals surface area contributed by atoms with Crippen LogP contribution < -0.4 is 5.32 Å². The van der Waals surface area contributed by atoms with E-state index in [1.807, 2.05) is 0 Å². The number of hydrogen-bond acceptors (Lipinski definition) is 2. The Morgan fingerprint density at radius 1 is 1.03 bits per heavy atom. The summed E-state index contributed by atoms with van der Waals surface area (Å²) in [5.74, 6) is 0.0261. The number of piperidine rings is 1. The molecule has 0 radical (unpaired) electrons. The SMILES string of the molecule is Cc1ccc(C2(C(=O)NCC3(F)CCN(CCC(C)(C)C)CC3)CCCCC2)cc1. The zero-order valence-electron chi connectivity index (χ0n) is 19.5. The van der Waals surface area contributed by atoms with Crippen molar-refractivity contribution in [3.63, 3.8) is 0 Å². The number of alkyl halides is 1. The number of carbonyl (C=O) groups excluding carboxylic acids is 1. The van der Waals surface area contributed by atoms with Crippen molar-refractivity contribution in [3.8, 4) is 0 Å². The molecule has 3 nitrogen and oxygen atoms in total. The van der Waals surface area contributed by atoms with Crippen molar-refractivity contribution in [2.45, 2.75) is 90.1 Å². The molecular formula is C26H41FN2O. The molecule has 0 unspecified atom stereocenters. The normalized spacial score (nSPS) is 21.9. The quantitative estimate of drug-likeness (QED) is 0.659. The standard InChI is InChI=1S/C26H41FN2O/c1-21-8-10-22(11-9-21)26(12-6-5-7-13-26)23(30)28-20-25(27)15-18-29(19-16-25)17-14-24(2,3)4/h8-11H,5-7,12-20H2,1-4H3,(H,28,30). The molecule has 2 fully saturated rings. The van der Waals surface area contributed by atoms with Gasteiger partial charge in [0, 0.05) is 13.1 Å². The van der Waals surface area contributed by atoms with Gasteiger partial charge in [-0.05, 0) is 56.6 Å². The second kappa shape index (κ2) is 9.38. The van der Waals surface area contributed by atoms with E-state index in [9.17, 15) is 4.79 Å². The van der Waals surface area contributed by atoms with Gasteiger partial charge in [-0.1, -0.05) is 69.9 Å². The number of carbonyl (C=O) groups is 1. The maximum atomic E-state index is 15.5. The molecule has 1 saturated carbocycles. The van der Waals surface area contributed by atoms with E-state index in [0.29, 0.717) is 18.3 Å². The molecule has 1 N–H and O–H groups in total. The van der Waals surface area contributed by atoms with Crippen LogP contribution in [0.5, 0.6) is 0 Å². The van der Waals surface area contributed by atoms with E-state index in [1.165, 1.54) is 12.0 Å². The number of rotatable bonds is 6. The van der Waals surface area contributed by atoms with Crippen LogP contribution in [0.4, 0.5) is 4.39 Å². The minimum atomic E-state index is -1.28. The summed E-state index contributed by atoms with van der Waals surface area (Å²) in [7, 11) is 0. The predicted molar refractivity (Wildman–Crippen MR) is 123 cm³/mol. The minimum absolute atomic E-state index is 0.0261. The first-order valence-electron chi connectivity index (χ1n) is 11.9. The van der Waals surface area contributed by atoms with Crippen LogP contribution in [0.1, 0.15) is 83.3 Å². The third kappa shape index (κ3) is 5.84. The monoisotopic (exact) mass is 416 g/mol. The molecular weight excluding hydrogens is 375 g/mol. The molecule has 1 aliphatic heterocycles. The van der Waals surface area contributed by atoms with Crippen molar-refractivity contribution >= 4 is 5.91 Å². The fourth-order valence-electron chi connectivity index (χ4n) is 4.93. The van der Waals surface area contributed by atoms with Crippen molar-refractivity contribution < 1.29 is 9.18 Å². The summed E-state index contributed by atoms with van der Waals surface area (Å²) in [6.07, 6.45) is 7.17. The highest BCUT2D eigenvalue weighted by Gasteiger charge is 2.43. The van der Waals surface area contributed by atoms with Crippen LogP contribution in [-0.2, 0) is 10.2 Å². The molecule has 1 aromatic rings. The third-order valence-electron chi connectivity index (χ3n) is 7.24. The molecule has 3 rings (SSSR count). The molecule has 1 heterocycles. The molecule has 30 heavy (non-hydrogen) atoms. The van der Waals surface area contributed by atoms with Gasteiger partial charge in [-0.2, -0.15) is 0 Å². The van der Waals surface area contributed by atoms with Gasteiger partial charge in [0.25, 0.3) is 0 Å². The number of amides is 1. The van der Waals surface area contributed by atoms with E-state index >= 15 is 4.39 Å². The predicted octanol–water partition coefficient (Wildman–Crippen LogP) is 5.55. The van der Waals surface area contributed by atoms with Gasteiger partial charge in [0.2, 0.25) is 5.91 Å². The van der Waals surface area contributed by atoms with Crippen LogP contribution in [0.25, 0.3) is 0 Å². The number of likely N-dealkylation sites (tertiary alicyclic amines) is 1. The first-order valence-corrected chi connectivity index (χ1v) is 11.9. The molecule has 0 bridgehead atoms. The molecule has 1 saturated heterocycles. The van der Waals surface area contributed by atoms with E-state index in [-0.39, 0.29) is 12.5 Å². The molecule has 0 spiro atoms. The first kappa shape index (κ1) is 23.2. The van der Waals surface area contributed by atoms with Gasteiger partial charge in [0.1, 0.15) is 5.67 Å². The Hall–Kier alpha value is -1.42. The molecule has 1 amide bonds. The number of nitrogens with zero attached hydrogens (tertiary/aromatic N) is 1. The molecule has 1 aliphatic carbocycles. The van der Waals surface area contributed by atoms with Crippen LogP contribution in [-0.4, -0.2) is 42.7 Å². The van der Waals surface area contributed by atoms with Gasteiger partial charge in [-0.3, -0.25) is 4.79 Å². The Bertz CT molecular complexity index is 693. The van der Waals surface area contributed by atoms with E-state index in [0.717, 1.165) is 57.3 Å². The van der Waals surface area contributed by atoms with Gasteiger partial charge in [-0.15, -0.1) is 0 Å². The van der Waals surface area contributed by atoms with E-state index in [1.54, 1.807) is 0 Å². The molecule has 168 valence electrons. The smallest absolute Gasteiger partial charge is 0.230 e. The summed E-state index contributed by atoms with van der Waals surface area (Å²) in [5.41, 5.74) is 0.830. The van der Waals surface area contributed by atoms with Gasteiger partial charge >= 0.3 is 0 Å². The molecule has 1 aromatic carbocycles. The lowest BCUT2D eigenvalue weighted by Crippen LogP contribution is -2.52. The fourth-order valence-corrected chi connectivity index (χ4v) is 4.93. The summed E-state index contributed by atoms with van der Waals surface area (Å²) in [6, 6.07) is 8.37. The Kier molecular flexibility index (Phi) is 7.27. The van der Waals surface area contributed by atoms with Gasteiger partial charge in [0.15, 0.2) is 0 Å². The number of benzene rings is 1. The molecule has 0 aromatic heterocycles. The zero-order valence-corrected chi connectivity index (χ0v) is 19.5. The number of halogens is 1. The van der Waals surface area contributed by atoms with Crippen LogP contribution in [0.15, 0.2) is 24.3 Å². The van der Waals surface area contributed by atoms with Crippen LogP contribution in [0.2, 0.25) is 0 Å². The van der Waals surface area contributed by atoms with E-state index in [2.05, 4.69) is 62.2 Å². The highest BCUT2D eigenvalue weighted by atomic mass is 19.1. The van der Waals surface area contributed by atoms with Gasteiger partial charge in [0.05, 0.1) is 12.0 Å². The molecule has 0 atom stereocenters.